The van der Waals surface area contributed by atoms with E-state index in [-0.39, 0.29) is 5.41 Å². The minimum Gasteiger partial charge on any atom is -0.363 e. The Morgan fingerprint density at radius 3 is 2.65 bits per heavy atom. The Morgan fingerprint density at radius 1 is 1.09 bits per heavy atom. The maximum absolute atomic E-state index is 2.47. The quantitative estimate of drug-likeness (QED) is 0.658. The lowest BCUT2D eigenvalue weighted by Gasteiger charge is -2.30. The van der Waals surface area contributed by atoms with E-state index in [1.54, 1.807) is 0 Å². The predicted molar refractivity (Wildman–Crippen MR) is 96.7 cm³/mol. The largest absolute Gasteiger partial charge is 0.363 e. The first-order valence-electron chi connectivity index (χ1n) is 8.65. The number of allylic oxidation sites excluding steroid dienone is 6. The fourth-order valence-electron chi connectivity index (χ4n) is 3.86. The van der Waals surface area contributed by atoms with Gasteiger partial charge in [0.25, 0.3) is 0 Å². The molecule has 1 aliphatic carbocycles. The second-order valence-electron chi connectivity index (χ2n) is 7.91. The van der Waals surface area contributed by atoms with Gasteiger partial charge in [-0.1, -0.05) is 69.3 Å². The van der Waals surface area contributed by atoms with Gasteiger partial charge in [0.15, 0.2) is 0 Å². The molecule has 1 aromatic rings. The van der Waals surface area contributed by atoms with Gasteiger partial charge in [-0.25, -0.2) is 0 Å². The Kier molecular flexibility index (Phi) is 3.33. The van der Waals surface area contributed by atoms with Gasteiger partial charge in [-0.3, -0.25) is 0 Å². The normalized spacial score (nSPS) is 25.8. The summed E-state index contributed by atoms with van der Waals surface area (Å²) in [4.78, 5) is 2.44. The van der Waals surface area contributed by atoms with Crippen LogP contribution in [0.1, 0.15) is 44.4 Å². The van der Waals surface area contributed by atoms with E-state index >= 15 is 0 Å². The smallest absolute Gasteiger partial charge is 0.0734 e. The average molecular weight is 303 g/mol. The highest BCUT2D eigenvalue weighted by Crippen LogP contribution is 2.40. The van der Waals surface area contributed by atoms with E-state index in [1.807, 2.05) is 0 Å². The molecule has 0 spiro atoms. The molecule has 23 heavy (non-hydrogen) atoms. The van der Waals surface area contributed by atoms with Crippen molar-refractivity contribution in [3.05, 3.63) is 83.1 Å². The molecule has 118 valence electrons. The summed E-state index contributed by atoms with van der Waals surface area (Å²) in [6.45, 7) is 7.90. The zero-order chi connectivity index (χ0) is 16.0. The number of benzene rings is 1. The number of nitrogens with zero attached hydrogens (tertiary/aromatic N) is 1. The fourth-order valence-corrected chi connectivity index (χ4v) is 3.86. The maximum atomic E-state index is 2.47. The van der Waals surface area contributed by atoms with Crippen LogP contribution in [-0.2, 0) is 6.54 Å². The van der Waals surface area contributed by atoms with Crippen molar-refractivity contribution in [2.75, 3.05) is 0 Å². The third-order valence-electron chi connectivity index (χ3n) is 5.29. The van der Waals surface area contributed by atoms with Crippen LogP contribution < -0.4 is 0 Å². The topological polar surface area (TPSA) is 3.24 Å². The SMILES string of the molecule is CC(C)(C)C1=CCC(C2=CC3c4ccccc4CN3C=C2)C=C1. The van der Waals surface area contributed by atoms with Crippen molar-refractivity contribution in [2.45, 2.75) is 39.8 Å². The minimum absolute atomic E-state index is 0.249. The van der Waals surface area contributed by atoms with E-state index < -0.39 is 0 Å². The minimum atomic E-state index is 0.249. The first-order valence-corrected chi connectivity index (χ1v) is 8.65. The molecular weight excluding hydrogens is 278 g/mol. The summed E-state index contributed by atoms with van der Waals surface area (Å²) in [6, 6.07) is 9.27. The van der Waals surface area contributed by atoms with Crippen LogP contribution in [0, 0.1) is 11.3 Å². The van der Waals surface area contributed by atoms with Crippen molar-refractivity contribution in [2.24, 2.45) is 11.3 Å². The second-order valence-corrected chi connectivity index (χ2v) is 7.91. The Labute approximate surface area is 139 Å². The van der Waals surface area contributed by atoms with Crippen LogP contribution in [0.4, 0.5) is 0 Å². The molecule has 2 atom stereocenters. The van der Waals surface area contributed by atoms with Crippen LogP contribution in [0.15, 0.2) is 72.0 Å². The molecule has 0 fully saturated rings. The molecule has 3 aliphatic rings. The van der Waals surface area contributed by atoms with E-state index in [0.29, 0.717) is 12.0 Å². The molecule has 0 N–H and O–H groups in total. The molecule has 2 aliphatic heterocycles. The van der Waals surface area contributed by atoms with Gasteiger partial charge in [0.1, 0.15) is 0 Å². The Morgan fingerprint density at radius 2 is 1.91 bits per heavy atom. The highest BCUT2D eigenvalue weighted by Gasteiger charge is 2.29. The van der Waals surface area contributed by atoms with Crippen LogP contribution in [0.25, 0.3) is 0 Å². The lowest BCUT2D eigenvalue weighted by molar-refractivity contribution is 0.346. The van der Waals surface area contributed by atoms with E-state index in [2.05, 4.69) is 86.5 Å². The molecule has 1 heteroatoms. The summed E-state index contributed by atoms with van der Waals surface area (Å²) in [7, 11) is 0. The number of hydrogen-bond donors (Lipinski definition) is 0. The highest BCUT2D eigenvalue weighted by atomic mass is 15.2. The zero-order valence-corrected chi connectivity index (χ0v) is 14.3. The molecule has 4 rings (SSSR count). The number of fused-ring (bicyclic) bond motifs is 3. The summed E-state index contributed by atoms with van der Waals surface area (Å²) in [6.07, 6.45) is 15.3. The summed E-state index contributed by atoms with van der Waals surface area (Å²) in [5.41, 5.74) is 6.11. The molecule has 0 radical (unpaired) electrons. The van der Waals surface area contributed by atoms with Crippen molar-refractivity contribution in [1.29, 1.82) is 0 Å². The molecule has 0 saturated heterocycles. The third kappa shape index (κ3) is 2.59. The van der Waals surface area contributed by atoms with Gasteiger partial charge in [-0.2, -0.15) is 0 Å². The molecule has 0 saturated carbocycles. The number of rotatable bonds is 1. The van der Waals surface area contributed by atoms with E-state index in [4.69, 9.17) is 0 Å². The van der Waals surface area contributed by atoms with Crippen molar-refractivity contribution < 1.29 is 0 Å². The van der Waals surface area contributed by atoms with Gasteiger partial charge in [-0.05, 0) is 40.2 Å². The van der Waals surface area contributed by atoms with Crippen LogP contribution in [0.3, 0.4) is 0 Å². The van der Waals surface area contributed by atoms with Gasteiger partial charge >= 0.3 is 0 Å². The van der Waals surface area contributed by atoms with Crippen LogP contribution in [0.2, 0.25) is 0 Å². The van der Waals surface area contributed by atoms with Gasteiger partial charge in [0, 0.05) is 18.7 Å². The van der Waals surface area contributed by atoms with Gasteiger partial charge in [-0.15, -0.1) is 0 Å². The second kappa shape index (κ2) is 5.26. The summed E-state index contributed by atoms with van der Waals surface area (Å²) >= 11 is 0. The lowest BCUT2D eigenvalue weighted by atomic mass is 9.79. The Balaban J connectivity index is 1.58. The highest BCUT2D eigenvalue weighted by molar-refractivity contribution is 5.44. The first kappa shape index (κ1) is 14.6. The van der Waals surface area contributed by atoms with Crippen molar-refractivity contribution in [1.82, 2.24) is 4.90 Å². The van der Waals surface area contributed by atoms with Crippen molar-refractivity contribution in [3.63, 3.8) is 0 Å². The number of hydrogen-bond acceptors (Lipinski definition) is 1. The molecule has 0 bridgehead atoms. The summed E-state index contributed by atoms with van der Waals surface area (Å²) in [5, 5.41) is 0. The summed E-state index contributed by atoms with van der Waals surface area (Å²) < 4.78 is 0. The van der Waals surface area contributed by atoms with Crippen molar-refractivity contribution in [3.8, 4) is 0 Å². The molecule has 0 amide bonds. The van der Waals surface area contributed by atoms with Crippen LogP contribution >= 0.6 is 0 Å². The van der Waals surface area contributed by atoms with Gasteiger partial charge < -0.3 is 4.90 Å². The maximum Gasteiger partial charge on any atom is 0.0734 e. The molecule has 2 unspecified atom stereocenters. The Bertz CT molecular complexity index is 739. The zero-order valence-electron chi connectivity index (χ0n) is 14.3. The summed E-state index contributed by atoms with van der Waals surface area (Å²) in [5.74, 6) is 0.521. The van der Waals surface area contributed by atoms with Gasteiger partial charge in [0.05, 0.1) is 6.04 Å². The molecule has 1 nitrogen and oxygen atoms in total. The van der Waals surface area contributed by atoms with Crippen LogP contribution in [0.5, 0.6) is 0 Å². The monoisotopic (exact) mass is 303 g/mol. The van der Waals surface area contributed by atoms with E-state index in [9.17, 15) is 0 Å². The van der Waals surface area contributed by atoms with Crippen LogP contribution in [-0.4, -0.2) is 4.90 Å². The average Bonchev–Trinajstić information content (AvgIpc) is 2.92. The van der Waals surface area contributed by atoms with E-state index in [1.165, 1.54) is 22.3 Å². The lowest BCUT2D eigenvalue weighted by Crippen LogP contribution is -2.19. The predicted octanol–water partition coefficient (Wildman–Crippen LogP) is 5.55. The molecule has 1 aromatic carbocycles. The first-order chi connectivity index (χ1) is 11.0. The molecular formula is C22H25N. The molecule has 0 aromatic heterocycles. The standard InChI is InChI=1S/C22H25N/c1-22(2,3)19-10-8-16(9-11-19)17-12-13-23-15-18-6-4-5-7-20(18)21(23)14-17/h4-8,10-14,16,21H,9,15H2,1-3H3. The van der Waals surface area contributed by atoms with Gasteiger partial charge in [0.2, 0.25) is 0 Å². The third-order valence-corrected chi connectivity index (χ3v) is 5.29. The molecule has 2 heterocycles. The van der Waals surface area contributed by atoms with Crippen molar-refractivity contribution >= 4 is 0 Å². The fraction of sp³-hybridized carbons (Fsp3) is 0.364. The van der Waals surface area contributed by atoms with E-state index in [0.717, 1.165) is 13.0 Å². The Hall–Kier alpha value is -2.02.